The monoisotopic (exact) mass is 169 g/mol. The Morgan fingerprint density at radius 3 is 2.83 bits per heavy atom. The van der Waals surface area contributed by atoms with Crippen molar-refractivity contribution in [3.05, 3.63) is 0 Å². The number of rotatable bonds is 1. The summed E-state index contributed by atoms with van der Waals surface area (Å²) in [6.45, 7) is 7.91. The van der Waals surface area contributed by atoms with Crippen molar-refractivity contribution in [3.63, 3.8) is 0 Å². The quantitative estimate of drug-likeness (QED) is 0.551. The molecular formula is C9H15NO2. The van der Waals surface area contributed by atoms with E-state index in [9.17, 15) is 4.79 Å². The summed E-state index contributed by atoms with van der Waals surface area (Å²) in [5.41, 5.74) is 0. The van der Waals surface area contributed by atoms with Crippen LogP contribution in [-0.2, 0) is 9.53 Å². The van der Waals surface area contributed by atoms with Crippen molar-refractivity contribution >= 4 is 12.5 Å². The van der Waals surface area contributed by atoms with Gasteiger partial charge in [0.25, 0.3) is 0 Å². The number of hydrogen-bond donors (Lipinski definition) is 0. The Morgan fingerprint density at radius 2 is 2.25 bits per heavy atom. The van der Waals surface area contributed by atoms with Crippen molar-refractivity contribution in [3.8, 4) is 0 Å². The fourth-order valence-corrected chi connectivity index (χ4v) is 1.46. The second kappa shape index (κ2) is 3.81. The molecule has 0 spiro atoms. The van der Waals surface area contributed by atoms with Crippen LogP contribution >= 0.6 is 0 Å². The molecule has 0 aliphatic carbocycles. The van der Waals surface area contributed by atoms with E-state index in [1.807, 2.05) is 13.8 Å². The highest BCUT2D eigenvalue weighted by molar-refractivity contribution is 5.85. The molecule has 0 aromatic rings. The molecule has 3 nitrogen and oxygen atoms in total. The number of carbonyl (C=O) groups excluding carboxylic acids is 1. The second-order valence-corrected chi connectivity index (χ2v) is 3.28. The van der Waals surface area contributed by atoms with E-state index in [4.69, 9.17) is 4.74 Å². The van der Waals surface area contributed by atoms with Gasteiger partial charge in [-0.05, 0) is 13.6 Å². The molecule has 1 fully saturated rings. The molecule has 68 valence electrons. The molecule has 0 radical (unpaired) electrons. The first-order chi connectivity index (χ1) is 5.66. The molecule has 0 saturated carbocycles. The Hall–Kier alpha value is -0.700. The average Bonchev–Trinajstić information content (AvgIpc) is 2.14. The molecule has 3 atom stereocenters. The van der Waals surface area contributed by atoms with Crippen LogP contribution in [0.25, 0.3) is 0 Å². The molecule has 0 aromatic carbocycles. The highest BCUT2D eigenvalue weighted by atomic mass is 16.5. The molecule has 0 N–H and O–H groups in total. The van der Waals surface area contributed by atoms with Gasteiger partial charge in [0.1, 0.15) is 6.04 Å². The highest BCUT2D eigenvalue weighted by Crippen LogP contribution is 2.20. The fourth-order valence-electron chi connectivity index (χ4n) is 1.46. The third-order valence-electron chi connectivity index (χ3n) is 2.49. The van der Waals surface area contributed by atoms with Gasteiger partial charge in [0.15, 0.2) is 5.78 Å². The van der Waals surface area contributed by atoms with Gasteiger partial charge in [0.05, 0.1) is 12.7 Å². The minimum atomic E-state index is -0.262. The molecule has 1 saturated heterocycles. The molecule has 1 aliphatic rings. The summed E-state index contributed by atoms with van der Waals surface area (Å²) in [7, 11) is 0. The second-order valence-electron chi connectivity index (χ2n) is 3.28. The van der Waals surface area contributed by atoms with Crippen LogP contribution < -0.4 is 0 Å². The van der Waals surface area contributed by atoms with Crippen molar-refractivity contribution in [1.82, 2.24) is 0 Å². The van der Waals surface area contributed by atoms with Crippen LogP contribution in [0, 0.1) is 5.92 Å². The summed E-state index contributed by atoms with van der Waals surface area (Å²) < 4.78 is 5.41. The number of carbonyl (C=O) groups is 1. The SMILES string of the molecule is C=NC1C(=O)CCOC(C)C1C. The summed E-state index contributed by atoms with van der Waals surface area (Å²) in [4.78, 5) is 15.2. The van der Waals surface area contributed by atoms with Crippen LogP contribution in [0.1, 0.15) is 20.3 Å². The van der Waals surface area contributed by atoms with Crippen LogP contribution in [0.3, 0.4) is 0 Å². The maximum absolute atomic E-state index is 11.4. The Balaban J connectivity index is 2.76. The standard InChI is InChI=1S/C9H15NO2/c1-6-7(2)12-5-4-8(11)9(6)10-3/h6-7,9H,3-5H2,1-2H3. The zero-order valence-corrected chi connectivity index (χ0v) is 7.62. The number of hydrogen-bond acceptors (Lipinski definition) is 3. The zero-order chi connectivity index (χ0) is 9.14. The van der Waals surface area contributed by atoms with E-state index in [1.54, 1.807) is 0 Å². The largest absolute Gasteiger partial charge is 0.378 e. The van der Waals surface area contributed by atoms with Crippen molar-refractivity contribution in [2.75, 3.05) is 6.61 Å². The van der Waals surface area contributed by atoms with Crippen LogP contribution in [-0.4, -0.2) is 31.3 Å². The van der Waals surface area contributed by atoms with E-state index < -0.39 is 0 Å². The summed E-state index contributed by atoms with van der Waals surface area (Å²) in [5.74, 6) is 0.305. The fraction of sp³-hybridized carbons (Fsp3) is 0.778. The highest BCUT2D eigenvalue weighted by Gasteiger charge is 2.30. The third kappa shape index (κ3) is 1.72. The van der Waals surface area contributed by atoms with Crippen LogP contribution in [0.5, 0.6) is 0 Å². The predicted octanol–water partition coefficient (Wildman–Crippen LogP) is 1.07. The lowest BCUT2D eigenvalue weighted by Crippen LogP contribution is -2.30. The van der Waals surface area contributed by atoms with Crippen molar-refractivity contribution < 1.29 is 9.53 Å². The molecule has 12 heavy (non-hydrogen) atoms. The van der Waals surface area contributed by atoms with E-state index >= 15 is 0 Å². The predicted molar refractivity (Wildman–Crippen MR) is 47.5 cm³/mol. The van der Waals surface area contributed by atoms with Crippen molar-refractivity contribution in [2.45, 2.75) is 32.4 Å². The topological polar surface area (TPSA) is 38.7 Å². The number of nitrogens with zero attached hydrogens (tertiary/aromatic N) is 1. The first-order valence-corrected chi connectivity index (χ1v) is 4.27. The van der Waals surface area contributed by atoms with Gasteiger partial charge in [-0.2, -0.15) is 0 Å². The zero-order valence-electron chi connectivity index (χ0n) is 7.62. The number of Topliss-reactive ketones (excluding diaryl/α,β-unsaturated/α-hetero) is 1. The molecule has 3 heteroatoms. The van der Waals surface area contributed by atoms with Crippen molar-refractivity contribution in [1.29, 1.82) is 0 Å². The summed E-state index contributed by atoms with van der Waals surface area (Å²) >= 11 is 0. The normalized spacial score (nSPS) is 37.5. The smallest absolute Gasteiger partial charge is 0.159 e. The molecule has 0 aromatic heterocycles. The summed E-state index contributed by atoms with van der Waals surface area (Å²) in [6.07, 6.45) is 0.574. The van der Waals surface area contributed by atoms with Gasteiger partial charge in [0.2, 0.25) is 0 Å². The van der Waals surface area contributed by atoms with Gasteiger partial charge in [-0.15, -0.1) is 0 Å². The number of ether oxygens (including phenoxy) is 1. The lowest BCUT2D eigenvalue weighted by Gasteiger charge is -2.20. The molecular weight excluding hydrogens is 154 g/mol. The molecule has 1 aliphatic heterocycles. The first kappa shape index (κ1) is 9.39. The maximum atomic E-state index is 11.4. The van der Waals surface area contributed by atoms with Gasteiger partial charge in [-0.1, -0.05) is 6.92 Å². The Labute approximate surface area is 72.8 Å². The maximum Gasteiger partial charge on any atom is 0.159 e. The number of ketones is 1. The van der Waals surface area contributed by atoms with E-state index in [-0.39, 0.29) is 23.8 Å². The average molecular weight is 169 g/mol. The lowest BCUT2D eigenvalue weighted by atomic mass is 9.94. The van der Waals surface area contributed by atoms with Gasteiger partial charge in [-0.3, -0.25) is 9.79 Å². The van der Waals surface area contributed by atoms with Crippen molar-refractivity contribution in [2.24, 2.45) is 10.9 Å². The van der Waals surface area contributed by atoms with Gasteiger partial charge in [-0.25, -0.2) is 0 Å². The van der Waals surface area contributed by atoms with Crippen LogP contribution in [0.2, 0.25) is 0 Å². The van der Waals surface area contributed by atoms with E-state index in [2.05, 4.69) is 11.7 Å². The minimum Gasteiger partial charge on any atom is -0.378 e. The van der Waals surface area contributed by atoms with Crippen LogP contribution in [0.15, 0.2) is 4.99 Å². The Bertz CT molecular complexity index is 191. The summed E-state index contributed by atoms with van der Waals surface area (Å²) in [5, 5.41) is 0. The molecule has 0 bridgehead atoms. The summed E-state index contributed by atoms with van der Waals surface area (Å²) in [6, 6.07) is -0.262. The van der Waals surface area contributed by atoms with Crippen LogP contribution in [0.4, 0.5) is 0 Å². The molecule has 0 amide bonds. The Morgan fingerprint density at radius 1 is 1.58 bits per heavy atom. The van der Waals surface area contributed by atoms with Gasteiger partial charge >= 0.3 is 0 Å². The van der Waals surface area contributed by atoms with Gasteiger partial charge < -0.3 is 4.74 Å². The molecule has 3 unspecified atom stereocenters. The lowest BCUT2D eigenvalue weighted by molar-refractivity contribution is -0.120. The van der Waals surface area contributed by atoms with E-state index in [1.165, 1.54) is 0 Å². The van der Waals surface area contributed by atoms with E-state index in [0.717, 1.165) is 0 Å². The van der Waals surface area contributed by atoms with E-state index in [0.29, 0.717) is 13.0 Å². The molecule has 1 heterocycles. The first-order valence-electron chi connectivity index (χ1n) is 4.27. The van der Waals surface area contributed by atoms with Gasteiger partial charge in [0, 0.05) is 12.3 Å². The third-order valence-corrected chi connectivity index (χ3v) is 2.49. The minimum absolute atomic E-state index is 0.104. The molecule has 1 rings (SSSR count). The number of aliphatic imine (C=N–C) groups is 1. The Kier molecular flexibility index (Phi) is 2.98.